The molecule has 484 valence electrons. The number of benzene rings is 5. The van der Waals surface area contributed by atoms with E-state index < -0.39 is 0 Å². The highest BCUT2D eigenvalue weighted by Gasteiger charge is 2.30. The number of hydrogen-bond acceptors (Lipinski definition) is 9. The SMILES string of the molecule is CCCCc1ccc(N(c2ccc(N(c3ccc(N(C(C)CCCC)C(C)CCCC)c(OCC)c3)c3ccc(N(C(C)CCCC)C(C)CCCC)c(OCC)c3)cc2)c2ccc(N(C(C)CCCC)C(C)CCCC)c(OCC)c2)cc1OCC. The van der Waals surface area contributed by atoms with Gasteiger partial charge in [-0.1, -0.05) is 138 Å². The first-order valence-corrected chi connectivity index (χ1v) is 35.4. The van der Waals surface area contributed by atoms with Gasteiger partial charge in [0.15, 0.2) is 0 Å². The van der Waals surface area contributed by atoms with Gasteiger partial charge in [0.25, 0.3) is 0 Å². The summed E-state index contributed by atoms with van der Waals surface area (Å²) in [5.74, 6) is 3.68. The molecule has 9 nitrogen and oxygen atoms in total. The maximum Gasteiger partial charge on any atom is 0.144 e. The predicted octanol–water partition coefficient (Wildman–Crippen LogP) is 23.5. The zero-order valence-corrected chi connectivity index (χ0v) is 58.2. The van der Waals surface area contributed by atoms with Crippen molar-refractivity contribution >= 4 is 51.2 Å². The molecular formula is C78H123N5O4. The Bertz CT molecular complexity index is 2560. The van der Waals surface area contributed by atoms with E-state index in [0.29, 0.717) is 62.7 Å². The summed E-state index contributed by atoms with van der Waals surface area (Å²) in [6, 6.07) is 39.0. The van der Waals surface area contributed by atoms with Gasteiger partial charge in [-0.3, -0.25) is 0 Å². The second-order valence-electron chi connectivity index (χ2n) is 24.9. The first kappa shape index (κ1) is 72.0. The first-order chi connectivity index (χ1) is 42.2. The molecule has 0 spiro atoms. The van der Waals surface area contributed by atoms with E-state index in [-0.39, 0.29) is 0 Å². The van der Waals surface area contributed by atoms with Crippen molar-refractivity contribution in [2.45, 2.75) is 289 Å². The van der Waals surface area contributed by atoms with E-state index in [1.807, 2.05) is 0 Å². The van der Waals surface area contributed by atoms with E-state index in [2.05, 4.69) is 239 Å². The Morgan fingerprint density at radius 2 is 0.506 bits per heavy atom. The second kappa shape index (κ2) is 38.7. The molecule has 87 heavy (non-hydrogen) atoms. The van der Waals surface area contributed by atoms with Crippen LogP contribution in [0.3, 0.4) is 0 Å². The molecule has 0 bridgehead atoms. The lowest BCUT2D eigenvalue weighted by atomic mass is 10.0. The highest BCUT2D eigenvalue weighted by molar-refractivity contribution is 5.85. The molecule has 5 aromatic rings. The van der Waals surface area contributed by atoms with Crippen molar-refractivity contribution in [3.05, 3.63) is 103 Å². The molecule has 0 heterocycles. The van der Waals surface area contributed by atoms with Crippen LogP contribution in [0.25, 0.3) is 0 Å². The van der Waals surface area contributed by atoms with E-state index in [9.17, 15) is 0 Å². The highest BCUT2D eigenvalue weighted by atomic mass is 16.5. The minimum Gasteiger partial charge on any atom is -0.494 e. The van der Waals surface area contributed by atoms with Crippen LogP contribution >= 0.6 is 0 Å². The van der Waals surface area contributed by atoms with Crippen molar-refractivity contribution in [2.24, 2.45) is 0 Å². The van der Waals surface area contributed by atoms with Crippen LogP contribution in [-0.4, -0.2) is 62.7 Å². The number of nitrogens with zero attached hydrogens (tertiary/aromatic N) is 5. The standard InChI is InChI=1S/C78H123N5O4/c1-18-29-36-59(12)79(60(13)37-30-19-2)72-52-49-69(56-76(72)85-26-9)82(68-44-43-65(42-35-24-7)75(55-68)84-25-8)66-45-47-67(48-46-66)83(70-50-53-73(77(57-70)86-27-10)80(61(14)38-31-20-3)62(15)39-32-21-4)71-51-54-74(78(58-71)87-28-11)81(63(16)40-33-22-5)64(17)41-34-23-6/h43-64H,18-42H2,1-17H3. The normalized spacial score (nSPS) is 13.5. The number of hydrogen-bond donors (Lipinski definition) is 0. The molecule has 9 heteroatoms. The zero-order valence-electron chi connectivity index (χ0n) is 58.2. The van der Waals surface area contributed by atoms with Gasteiger partial charge in [0.05, 0.1) is 43.5 Å². The molecule has 5 rings (SSSR count). The number of rotatable bonds is 44. The van der Waals surface area contributed by atoms with Gasteiger partial charge in [-0.2, -0.15) is 0 Å². The van der Waals surface area contributed by atoms with E-state index in [1.165, 1.54) is 99.7 Å². The summed E-state index contributed by atoms with van der Waals surface area (Å²) in [5.41, 5.74) is 10.9. The van der Waals surface area contributed by atoms with Gasteiger partial charge in [0.2, 0.25) is 0 Å². The van der Waals surface area contributed by atoms with Gasteiger partial charge >= 0.3 is 0 Å². The molecule has 0 aliphatic carbocycles. The van der Waals surface area contributed by atoms with E-state index in [1.54, 1.807) is 0 Å². The maximum absolute atomic E-state index is 6.81. The summed E-state index contributed by atoms with van der Waals surface area (Å²) in [4.78, 5) is 12.8. The number of aryl methyl sites for hydroxylation is 1. The minimum atomic E-state index is 0.359. The Balaban J connectivity index is 1.83. The summed E-state index contributed by atoms with van der Waals surface area (Å²) >= 11 is 0. The van der Waals surface area contributed by atoms with Crippen LogP contribution in [-0.2, 0) is 6.42 Å². The average molecular weight is 1190 g/mol. The van der Waals surface area contributed by atoms with E-state index in [0.717, 1.165) is 115 Å². The fraction of sp³-hybridized carbons (Fsp3) is 0.615. The van der Waals surface area contributed by atoms with Crippen LogP contribution in [0.4, 0.5) is 51.2 Å². The Morgan fingerprint density at radius 3 is 0.759 bits per heavy atom. The van der Waals surface area contributed by atoms with E-state index in [4.69, 9.17) is 18.9 Å². The van der Waals surface area contributed by atoms with Gasteiger partial charge in [-0.05, 0) is 193 Å². The lowest BCUT2D eigenvalue weighted by Crippen LogP contribution is -2.41. The molecule has 0 saturated heterocycles. The topological polar surface area (TPSA) is 53.1 Å². The Kier molecular flexibility index (Phi) is 32.0. The summed E-state index contributed by atoms with van der Waals surface area (Å²) in [6.45, 7) is 41.3. The lowest BCUT2D eigenvalue weighted by Gasteiger charge is -2.39. The smallest absolute Gasteiger partial charge is 0.144 e. The van der Waals surface area contributed by atoms with Gasteiger partial charge in [-0.25, -0.2) is 0 Å². The highest BCUT2D eigenvalue weighted by Crippen LogP contribution is 2.48. The molecule has 0 radical (unpaired) electrons. The van der Waals surface area contributed by atoms with Gasteiger partial charge in [-0.15, -0.1) is 0 Å². The van der Waals surface area contributed by atoms with Crippen LogP contribution < -0.4 is 43.4 Å². The first-order valence-electron chi connectivity index (χ1n) is 35.4. The van der Waals surface area contributed by atoms with Gasteiger partial charge in [0, 0.05) is 94.6 Å². The van der Waals surface area contributed by atoms with E-state index >= 15 is 0 Å². The lowest BCUT2D eigenvalue weighted by molar-refractivity contribution is 0.336. The largest absolute Gasteiger partial charge is 0.494 e. The van der Waals surface area contributed by atoms with Crippen molar-refractivity contribution in [3.63, 3.8) is 0 Å². The molecule has 0 aliphatic heterocycles. The Hall–Kier alpha value is -5.70. The summed E-state index contributed by atoms with van der Waals surface area (Å²) in [6.07, 6.45) is 24.2. The molecule has 0 saturated carbocycles. The quantitative estimate of drug-likeness (QED) is 0.0380. The third-order valence-corrected chi connectivity index (χ3v) is 17.8. The Morgan fingerprint density at radius 1 is 0.276 bits per heavy atom. The van der Waals surface area contributed by atoms with Crippen molar-refractivity contribution < 1.29 is 18.9 Å². The fourth-order valence-electron chi connectivity index (χ4n) is 13.1. The molecule has 0 N–H and O–H groups in total. The third kappa shape index (κ3) is 20.2. The molecule has 6 unspecified atom stereocenters. The van der Waals surface area contributed by atoms with Crippen LogP contribution in [0, 0.1) is 0 Å². The zero-order chi connectivity index (χ0) is 63.3. The second-order valence-corrected chi connectivity index (χ2v) is 24.9. The third-order valence-electron chi connectivity index (χ3n) is 17.8. The number of ether oxygens (including phenoxy) is 4. The summed E-state index contributed by atoms with van der Waals surface area (Å²) < 4.78 is 26.9. The van der Waals surface area contributed by atoms with Crippen molar-refractivity contribution in [2.75, 3.05) is 50.9 Å². The van der Waals surface area contributed by atoms with Crippen molar-refractivity contribution in [1.29, 1.82) is 0 Å². The van der Waals surface area contributed by atoms with Crippen LogP contribution in [0.1, 0.15) is 252 Å². The molecule has 0 fully saturated rings. The van der Waals surface area contributed by atoms with Gasteiger partial charge < -0.3 is 43.4 Å². The van der Waals surface area contributed by atoms with Crippen molar-refractivity contribution in [3.8, 4) is 23.0 Å². The van der Waals surface area contributed by atoms with Crippen LogP contribution in [0.2, 0.25) is 0 Å². The molecule has 5 aromatic carbocycles. The maximum atomic E-state index is 6.81. The fourth-order valence-corrected chi connectivity index (χ4v) is 13.1. The van der Waals surface area contributed by atoms with Crippen molar-refractivity contribution in [1.82, 2.24) is 0 Å². The Labute approximate surface area is 532 Å². The monoisotopic (exact) mass is 1190 g/mol. The molecule has 0 aromatic heterocycles. The van der Waals surface area contributed by atoms with Crippen LogP contribution in [0.5, 0.6) is 23.0 Å². The number of anilines is 9. The minimum absolute atomic E-state index is 0.359. The summed E-state index contributed by atoms with van der Waals surface area (Å²) in [5, 5.41) is 0. The molecule has 0 amide bonds. The summed E-state index contributed by atoms with van der Waals surface area (Å²) in [7, 11) is 0. The van der Waals surface area contributed by atoms with Crippen LogP contribution in [0.15, 0.2) is 97.1 Å². The molecular weight excluding hydrogens is 1070 g/mol. The molecule has 0 aliphatic rings. The number of unbranched alkanes of at least 4 members (excludes halogenated alkanes) is 7. The van der Waals surface area contributed by atoms with Gasteiger partial charge in [0.1, 0.15) is 23.0 Å². The molecule has 6 atom stereocenters. The predicted molar refractivity (Wildman–Crippen MR) is 380 cm³/mol. The average Bonchev–Trinajstić information content (AvgIpc) is 0.995.